The number of anilines is 2. The highest BCUT2D eigenvalue weighted by molar-refractivity contribution is 5.59. The maximum Gasteiger partial charge on any atom is 0.123 e. The maximum absolute atomic E-state index is 5.92. The van der Waals surface area contributed by atoms with Crippen molar-refractivity contribution in [2.75, 3.05) is 11.1 Å². The number of aromatic nitrogens is 1. The fraction of sp³-hybridized carbons (Fsp3) is 0.312. The van der Waals surface area contributed by atoms with Crippen LogP contribution in [0.5, 0.6) is 5.75 Å². The molecule has 0 bridgehead atoms. The minimum Gasteiger partial charge on any atom is -0.491 e. The number of pyridine rings is 1. The summed E-state index contributed by atoms with van der Waals surface area (Å²) in [5, 5.41) is 3.41. The van der Waals surface area contributed by atoms with E-state index in [1.807, 2.05) is 50.4 Å². The Morgan fingerprint density at radius 2 is 2.00 bits per heavy atom. The number of nitrogens with one attached hydrogen (secondary N) is 1. The number of nitrogen functional groups attached to an aromatic ring is 1. The highest BCUT2D eigenvalue weighted by Gasteiger charge is 2.07. The van der Waals surface area contributed by atoms with Crippen molar-refractivity contribution in [3.8, 4) is 5.75 Å². The van der Waals surface area contributed by atoms with E-state index in [0.717, 1.165) is 17.0 Å². The summed E-state index contributed by atoms with van der Waals surface area (Å²) in [6, 6.07) is 9.82. The molecule has 0 aliphatic heterocycles. The van der Waals surface area contributed by atoms with E-state index in [9.17, 15) is 0 Å². The summed E-state index contributed by atoms with van der Waals surface area (Å²) < 4.78 is 5.69. The normalized spacial score (nSPS) is 12.2. The Kier molecular flexibility index (Phi) is 4.45. The lowest BCUT2D eigenvalue weighted by Crippen LogP contribution is -2.09. The molecule has 4 heteroatoms. The van der Waals surface area contributed by atoms with Crippen molar-refractivity contribution in [2.45, 2.75) is 32.9 Å². The summed E-state index contributed by atoms with van der Waals surface area (Å²) in [4.78, 5) is 4.13. The predicted octanol–water partition coefficient (Wildman–Crippen LogP) is 3.62. The van der Waals surface area contributed by atoms with E-state index in [4.69, 9.17) is 10.5 Å². The molecule has 3 N–H and O–H groups in total. The highest BCUT2D eigenvalue weighted by atomic mass is 16.5. The number of ether oxygens (including phenoxy) is 1. The van der Waals surface area contributed by atoms with E-state index in [2.05, 4.69) is 17.2 Å². The van der Waals surface area contributed by atoms with Gasteiger partial charge in [0.05, 0.1) is 12.1 Å². The van der Waals surface area contributed by atoms with Gasteiger partial charge in [0.2, 0.25) is 0 Å². The molecule has 2 rings (SSSR count). The first-order valence-electron chi connectivity index (χ1n) is 6.78. The van der Waals surface area contributed by atoms with Gasteiger partial charge in [0, 0.05) is 35.9 Å². The lowest BCUT2D eigenvalue weighted by molar-refractivity contribution is 0.242. The first kappa shape index (κ1) is 14.2. The van der Waals surface area contributed by atoms with E-state index in [1.165, 1.54) is 0 Å². The first-order valence-corrected chi connectivity index (χ1v) is 6.78. The predicted molar refractivity (Wildman–Crippen MR) is 82.9 cm³/mol. The smallest absolute Gasteiger partial charge is 0.123 e. The lowest BCUT2D eigenvalue weighted by atomic mass is 10.1. The van der Waals surface area contributed by atoms with Gasteiger partial charge in [0.25, 0.3) is 0 Å². The molecule has 0 amide bonds. The van der Waals surface area contributed by atoms with Crippen LogP contribution in [-0.2, 0) is 0 Å². The van der Waals surface area contributed by atoms with Crippen LogP contribution in [0.15, 0.2) is 42.7 Å². The van der Waals surface area contributed by atoms with E-state index in [0.29, 0.717) is 5.69 Å². The van der Waals surface area contributed by atoms with Crippen molar-refractivity contribution in [3.63, 3.8) is 0 Å². The zero-order chi connectivity index (χ0) is 14.5. The van der Waals surface area contributed by atoms with E-state index >= 15 is 0 Å². The van der Waals surface area contributed by atoms with Gasteiger partial charge in [-0.2, -0.15) is 0 Å². The van der Waals surface area contributed by atoms with Gasteiger partial charge in [-0.3, -0.25) is 4.98 Å². The number of hydrogen-bond acceptors (Lipinski definition) is 4. The molecule has 1 aromatic carbocycles. The molecule has 20 heavy (non-hydrogen) atoms. The highest BCUT2D eigenvalue weighted by Crippen LogP contribution is 2.26. The van der Waals surface area contributed by atoms with Crippen LogP contribution in [0, 0.1) is 0 Å². The summed E-state index contributed by atoms with van der Waals surface area (Å²) in [7, 11) is 0. The molecule has 0 aliphatic carbocycles. The third kappa shape index (κ3) is 3.88. The first-order chi connectivity index (χ1) is 9.54. The van der Waals surface area contributed by atoms with Crippen molar-refractivity contribution in [1.29, 1.82) is 0 Å². The van der Waals surface area contributed by atoms with Crippen molar-refractivity contribution < 1.29 is 4.74 Å². The van der Waals surface area contributed by atoms with Crippen LogP contribution in [0.3, 0.4) is 0 Å². The molecule has 2 aromatic rings. The Hall–Kier alpha value is -2.23. The summed E-state index contributed by atoms with van der Waals surface area (Å²) in [6.07, 6.45) is 3.75. The summed E-state index contributed by atoms with van der Waals surface area (Å²) in [5.74, 6) is 0.779. The van der Waals surface area contributed by atoms with Crippen LogP contribution in [-0.4, -0.2) is 11.1 Å². The minimum absolute atomic E-state index is 0.125. The Labute approximate surface area is 120 Å². The monoisotopic (exact) mass is 271 g/mol. The van der Waals surface area contributed by atoms with Gasteiger partial charge < -0.3 is 15.8 Å². The van der Waals surface area contributed by atoms with Gasteiger partial charge >= 0.3 is 0 Å². The summed E-state index contributed by atoms with van der Waals surface area (Å²) in [6.45, 7) is 6.08. The van der Waals surface area contributed by atoms with Gasteiger partial charge in [-0.25, -0.2) is 0 Å². The van der Waals surface area contributed by atoms with Gasteiger partial charge in [0.1, 0.15) is 5.75 Å². The van der Waals surface area contributed by atoms with Crippen LogP contribution in [0.4, 0.5) is 11.4 Å². The minimum atomic E-state index is 0.125. The maximum atomic E-state index is 5.92. The van der Waals surface area contributed by atoms with E-state index < -0.39 is 0 Å². The van der Waals surface area contributed by atoms with Crippen LogP contribution >= 0.6 is 0 Å². The SMILES string of the molecule is CC(C)Oc1cc(N)cc(NC(C)c2cccnc2)c1. The molecule has 0 saturated heterocycles. The van der Waals surface area contributed by atoms with Crippen molar-refractivity contribution in [1.82, 2.24) is 4.98 Å². The molecule has 0 fully saturated rings. The molecular formula is C16H21N3O. The van der Waals surface area contributed by atoms with Crippen LogP contribution in [0.1, 0.15) is 32.4 Å². The van der Waals surface area contributed by atoms with Gasteiger partial charge in [-0.05, 0) is 38.5 Å². The summed E-state index contributed by atoms with van der Waals surface area (Å²) in [5.41, 5.74) is 8.67. The second-order valence-electron chi connectivity index (χ2n) is 5.11. The molecule has 1 heterocycles. The standard InChI is InChI=1S/C16H21N3O/c1-11(2)20-16-8-14(17)7-15(9-16)19-12(3)13-5-4-6-18-10-13/h4-12,19H,17H2,1-3H3. The Morgan fingerprint density at radius 1 is 1.20 bits per heavy atom. The van der Waals surface area contributed by atoms with Gasteiger partial charge in [0.15, 0.2) is 0 Å². The Morgan fingerprint density at radius 3 is 2.65 bits per heavy atom. The average Bonchev–Trinajstić information content (AvgIpc) is 2.38. The fourth-order valence-electron chi connectivity index (χ4n) is 2.01. The molecule has 0 saturated carbocycles. The average molecular weight is 271 g/mol. The number of benzene rings is 1. The molecule has 106 valence electrons. The number of nitrogens with two attached hydrogens (primary N) is 1. The second kappa shape index (κ2) is 6.28. The molecule has 0 aliphatic rings. The number of hydrogen-bond donors (Lipinski definition) is 2. The van der Waals surface area contributed by atoms with Crippen molar-refractivity contribution in [3.05, 3.63) is 48.3 Å². The second-order valence-corrected chi connectivity index (χ2v) is 5.11. The topological polar surface area (TPSA) is 60.2 Å². The lowest BCUT2D eigenvalue weighted by Gasteiger charge is -2.17. The van der Waals surface area contributed by atoms with E-state index in [1.54, 1.807) is 6.20 Å². The van der Waals surface area contributed by atoms with Crippen LogP contribution in [0.25, 0.3) is 0 Å². The molecule has 0 radical (unpaired) electrons. The third-order valence-electron chi connectivity index (χ3n) is 2.87. The number of nitrogens with zero attached hydrogens (tertiary/aromatic N) is 1. The largest absolute Gasteiger partial charge is 0.491 e. The fourth-order valence-corrected chi connectivity index (χ4v) is 2.01. The Bertz CT molecular complexity index is 555. The van der Waals surface area contributed by atoms with Crippen LogP contribution < -0.4 is 15.8 Å². The third-order valence-corrected chi connectivity index (χ3v) is 2.87. The molecule has 1 aromatic heterocycles. The Balaban J connectivity index is 2.14. The van der Waals surface area contributed by atoms with Crippen molar-refractivity contribution in [2.24, 2.45) is 0 Å². The van der Waals surface area contributed by atoms with Gasteiger partial charge in [-0.15, -0.1) is 0 Å². The summed E-state index contributed by atoms with van der Waals surface area (Å²) >= 11 is 0. The molecule has 1 atom stereocenters. The molecular weight excluding hydrogens is 250 g/mol. The van der Waals surface area contributed by atoms with Crippen LogP contribution in [0.2, 0.25) is 0 Å². The van der Waals surface area contributed by atoms with E-state index in [-0.39, 0.29) is 12.1 Å². The zero-order valence-electron chi connectivity index (χ0n) is 12.1. The molecule has 4 nitrogen and oxygen atoms in total. The zero-order valence-corrected chi connectivity index (χ0v) is 12.1. The number of rotatable bonds is 5. The van der Waals surface area contributed by atoms with Gasteiger partial charge in [-0.1, -0.05) is 6.07 Å². The van der Waals surface area contributed by atoms with Crippen molar-refractivity contribution >= 4 is 11.4 Å². The quantitative estimate of drug-likeness (QED) is 0.815. The molecule has 0 spiro atoms. The molecule has 1 unspecified atom stereocenters.